The number of piperidine rings is 1. The van der Waals surface area contributed by atoms with Gasteiger partial charge in [0.25, 0.3) is 5.91 Å². The predicted octanol–water partition coefficient (Wildman–Crippen LogP) is 2.75. The Bertz CT molecular complexity index is 1250. The number of carbonyl (C=O) groups excluding carboxylic acids is 2. The highest BCUT2D eigenvalue weighted by Crippen LogP contribution is 2.26. The number of benzene rings is 1. The zero-order valence-electron chi connectivity index (χ0n) is 20.1. The van der Waals surface area contributed by atoms with Gasteiger partial charge in [-0.05, 0) is 37.6 Å². The van der Waals surface area contributed by atoms with Gasteiger partial charge in [-0.2, -0.15) is 9.61 Å². The monoisotopic (exact) mass is 518 g/mol. The van der Waals surface area contributed by atoms with E-state index in [1.807, 2.05) is 18.0 Å². The SMILES string of the molecule is COC(=O)c1cc(F)ccc1OCC(=O)NCCN(C)c1cc(Cl)nc2cc([C@@H]3CCCCN3)nn12. The molecular weight excluding hydrogens is 491 g/mol. The normalized spacial score (nSPS) is 15.5. The number of carbonyl (C=O) groups is 2. The molecule has 0 bridgehead atoms. The molecule has 10 nitrogen and oxygen atoms in total. The van der Waals surface area contributed by atoms with E-state index in [0.717, 1.165) is 49.5 Å². The molecule has 1 aliphatic rings. The molecule has 1 amide bonds. The second-order valence-corrected chi connectivity index (χ2v) is 8.86. The van der Waals surface area contributed by atoms with E-state index in [4.69, 9.17) is 21.4 Å². The van der Waals surface area contributed by atoms with Crippen LogP contribution in [0.25, 0.3) is 5.65 Å². The first-order valence-corrected chi connectivity index (χ1v) is 12.0. The fourth-order valence-electron chi connectivity index (χ4n) is 4.06. The molecule has 1 saturated heterocycles. The molecule has 36 heavy (non-hydrogen) atoms. The molecule has 1 fully saturated rings. The van der Waals surface area contributed by atoms with E-state index in [9.17, 15) is 14.0 Å². The van der Waals surface area contributed by atoms with Crippen LogP contribution in [0.3, 0.4) is 0 Å². The van der Waals surface area contributed by atoms with E-state index in [-0.39, 0.29) is 24.0 Å². The topological polar surface area (TPSA) is 110 Å². The summed E-state index contributed by atoms with van der Waals surface area (Å²) in [5.41, 5.74) is 1.49. The Morgan fingerprint density at radius 1 is 1.31 bits per heavy atom. The molecule has 3 aromatic rings. The van der Waals surface area contributed by atoms with Crippen molar-refractivity contribution in [2.75, 3.05) is 45.3 Å². The lowest BCUT2D eigenvalue weighted by Gasteiger charge is -2.22. The zero-order valence-corrected chi connectivity index (χ0v) is 20.8. The van der Waals surface area contributed by atoms with Gasteiger partial charge in [0.2, 0.25) is 0 Å². The van der Waals surface area contributed by atoms with E-state index in [1.54, 1.807) is 10.6 Å². The summed E-state index contributed by atoms with van der Waals surface area (Å²) in [5.74, 6) is -0.959. The van der Waals surface area contributed by atoms with Gasteiger partial charge in [0.05, 0.1) is 18.8 Å². The smallest absolute Gasteiger partial charge is 0.341 e. The Morgan fingerprint density at radius 2 is 2.14 bits per heavy atom. The van der Waals surface area contributed by atoms with Crippen LogP contribution in [-0.2, 0) is 9.53 Å². The van der Waals surface area contributed by atoms with Gasteiger partial charge in [0.15, 0.2) is 12.3 Å². The molecule has 1 atom stereocenters. The van der Waals surface area contributed by atoms with Gasteiger partial charge in [-0.3, -0.25) is 4.79 Å². The van der Waals surface area contributed by atoms with E-state index in [1.165, 1.54) is 13.2 Å². The van der Waals surface area contributed by atoms with E-state index in [0.29, 0.717) is 23.9 Å². The van der Waals surface area contributed by atoms with Crippen molar-refractivity contribution >= 4 is 34.9 Å². The number of nitrogens with zero attached hydrogens (tertiary/aromatic N) is 4. The number of esters is 1. The quantitative estimate of drug-likeness (QED) is 0.329. The summed E-state index contributed by atoms with van der Waals surface area (Å²) < 4.78 is 25.3. The number of halogens is 2. The number of likely N-dealkylation sites (N-methyl/N-ethyl adjacent to an activating group) is 1. The first-order valence-electron chi connectivity index (χ1n) is 11.6. The summed E-state index contributed by atoms with van der Waals surface area (Å²) >= 11 is 6.26. The molecule has 2 aromatic heterocycles. The lowest BCUT2D eigenvalue weighted by atomic mass is 10.0. The molecule has 2 N–H and O–H groups in total. The molecule has 3 heterocycles. The van der Waals surface area contributed by atoms with E-state index in [2.05, 4.69) is 20.4 Å². The van der Waals surface area contributed by atoms with Crippen LogP contribution in [-0.4, -0.2) is 66.9 Å². The van der Waals surface area contributed by atoms with Crippen molar-refractivity contribution in [1.82, 2.24) is 25.2 Å². The minimum absolute atomic E-state index is 0.0614. The summed E-state index contributed by atoms with van der Waals surface area (Å²) in [6, 6.07) is 7.29. The fourth-order valence-corrected chi connectivity index (χ4v) is 4.25. The number of anilines is 1. The first kappa shape index (κ1) is 25.6. The van der Waals surface area contributed by atoms with Crippen molar-refractivity contribution in [2.45, 2.75) is 25.3 Å². The molecule has 12 heteroatoms. The number of ether oxygens (including phenoxy) is 2. The number of methoxy groups -OCH3 is 1. The van der Waals surface area contributed by atoms with Crippen molar-refractivity contribution < 1.29 is 23.5 Å². The average Bonchev–Trinajstić information content (AvgIpc) is 3.31. The third-order valence-corrected chi connectivity index (χ3v) is 6.12. The van der Waals surface area contributed by atoms with Gasteiger partial charge < -0.3 is 25.0 Å². The van der Waals surface area contributed by atoms with Crippen LogP contribution in [0.1, 0.15) is 41.4 Å². The number of hydrogen-bond donors (Lipinski definition) is 2. The molecular formula is C24H28ClFN6O4. The van der Waals surface area contributed by atoms with Crippen LogP contribution in [0.5, 0.6) is 5.75 Å². The summed E-state index contributed by atoms with van der Waals surface area (Å²) in [6.45, 7) is 1.39. The summed E-state index contributed by atoms with van der Waals surface area (Å²) in [6.07, 6.45) is 3.34. The predicted molar refractivity (Wildman–Crippen MR) is 132 cm³/mol. The third-order valence-electron chi connectivity index (χ3n) is 5.93. The van der Waals surface area contributed by atoms with E-state index >= 15 is 0 Å². The van der Waals surface area contributed by atoms with E-state index < -0.39 is 17.7 Å². The van der Waals surface area contributed by atoms with Gasteiger partial charge in [-0.15, -0.1) is 0 Å². The Hall–Kier alpha value is -3.44. The molecule has 192 valence electrons. The molecule has 1 aromatic carbocycles. The number of hydrogen-bond acceptors (Lipinski definition) is 8. The van der Waals surface area contributed by atoms with Gasteiger partial charge in [0.1, 0.15) is 28.1 Å². The molecule has 0 radical (unpaired) electrons. The minimum Gasteiger partial charge on any atom is -0.483 e. The van der Waals surface area contributed by atoms with Gasteiger partial charge >= 0.3 is 5.97 Å². The van der Waals surface area contributed by atoms with Crippen LogP contribution in [0.4, 0.5) is 10.2 Å². The largest absolute Gasteiger partial charge is 0.483 e. The lowest BCUT2D eigenvalue weighted by Crippen LogP contribution is -2.36. The number of aromatic nitrogens is 3. The van der Waals surface area contributed by atoms with Crippen LogP contribution >= 0.6 is 11.6 Å². The van der Waals surface area contributed by atoms with Crippen LogP contribution in [0.15, 0.2) is 30.3 Å². The molecule has 0 spiro atoms. The molecule has 0 aliphatic carbocycles. The molecule has 1 aliphatic heterocycles. The van der Waals surface area contributed by atoms with Crippen molar-refractivity contribution in [1.29, 1.82) is 0 Å². The maximum Gasteiger partial charge on any atom is 0.341 e. The van der Waals surface area contributed by atoms with Crippen molar-refractivity contribution in [3.63, 3.8) is 0 Å². The van der Waals surface area contributed by atoms with Crippen LogP contribution in [0.2, 0.25) is 5.15 Å². The third kappa shape index (κ3) is 6.03. The van der Waals surface area contributed by atoms with Crippen molar-refractivity contribution in [3.05, 3.63) is 52.6 Å². The average molecular weight is 519 g/mol. The fraction of sp³-hybridized carbons (Fsp3) is 0.417. The van der Waals surface area contributed by atoms with Gasteiger partial charge in [0, 0.05) is 32.3 Å². The summed E-state index contributed by atoms with van der Waals surface area (Å²) in [5, 5.41) is 11.4. The maximum absolute atomic E-state index is 13.5. The highest BCUT2D eigenvalue weighted by molar-refractivity contribution is 6.29. The second kappa shape index (κ2) is 11.5. The zero-order chi connectivity index (χ0) is 25.7. The number of rotatable bonds is 9. The van der Waals surface area contributed by atoms with Crippen LogP contribution < -0.4 is 20.3 Å². The Kier molecular flexibility index (Phi) is 8.21. The first-order chi connectivity index (χ1) is 17.4. The van der Waals surface area contributed by atoms with Gasteiger partial charge in [-0.25, -0.2) is 14.2 Å². The minimum atomic E-state index is -0.755. The Morgan fingerprint density at radius 3 is 2.89 bits per heavy atom. The lowest BCUT2D eigenvalue weighted by molar-refractivity contribution is -0.123. The molecule has 0 unspecified atom stereocenters. The molecule has 4 rings (SSSR count). The maximum atomic E-state index is 13.5. The highest BCUT2D eigenvalue weighted by atomic mass is 35.5. The number of fused-ring (bicyclic) bond motifs is 1. The van der Waals surface area contributed by atoms with Crippen LogP contribution in [0, 0.1) is 5.82 Å². The Balaban J connectivity index is 1.34. The number of amides is 1. The standard InChI is InChI=1S/C24H28ClFN6O4/c1-31(10-9-28-22(33)14-36-19-7-6-15(26)11-16(19)24(34)35-2)23-13-20(25)29-21-12-18(30-32(21)23)17-5-3-4-8-27-17/h6-7,11-13,17,27H,3-5,8-10,14H2,1-2H3,(H,28,33)/t17-/m0/s1. The Labute approximate surface area is 212 Å². The number of nitrogens with one attached hydrogen (secondary N) is 2. The van der Waals surface area contributed by atoms with Crippen molar-refractivity contribution in [3.8, 4) is 5.75 Å². The second-order valence-electron chi connectivity index (χ2n) is 8.47. The van der Waals surface area contributed by atoms with Crippen molar-refractivity contribution in [2.24, 2.45) is 0 Å². The van der Waals surface area contributed by atoms with Gasteiger partial charge in [-0.1, -0.05) is 18.0 Å². The summed E-state index contributed by atoms with van der Waals surface area (Å²) in [7, 11) is 3.05. The highest BCUT2D eigenvalue weighted by Gasteiger charge is 2.20. The molecule has 0 saturated carbocycles. The summed E-state index contributed by atoms with van der Waals surface area (Å²) in [4.78, 5) is 30.4.